The molecule has 0 unspecified atom stereocenters. The third-order valence-electron chi connectivity index (χ3n) is 3.47. The van der Waals surface area contributed by atoms with Crippen molar-refractivity contribution in [2.75, 3.05) is 0 Å². The molecule has 0 aromatic carbocycles. The van der Waals surface area contributed by atoms with Gasteiger partial charge in [0.15, 0.2) is 0 Å². The second-order valence-corrected chi connectivity index (χ2v) is 4.95. The second-order valence-electron chi connectivity index (χ2n) is 4.95. The molecule has 82 valence electrons. The normalized spacial score (nSPS) is 24.2. The molecule has 3 heteroatoms. The molecule has 0 bridgehead atoms. The third kappa shape index (κ3) is 2.71. The molecule has 2 saturated carbocycles. The van der Waals surface area contributed by atoms with E-state index in [2.05, 4.69) is 11.4 Å². The Labute approximate surface area is 90.8 Å². The van der Waals surface area contributed by atoms with Gasteiger partial charge in [0.1, 0.15) is 5.54 Å². The van der Waals surface area contributed by atoms with Gasteiger partial charge in [-0.3, -0.25) is 4.79 Å². The van der Waals surface area contributed by atoms with Crippen LogP contribution in [-0.4, -0.2) is 11.4 Å². The summed E-state index contributed by atoms with van der Waals surface area (Å²) >= 11 is 0. The second kappa shape index (κ2) is 4.22. The van der Waals surface area contributed by atoms with Crippen LogP contribution in [0.2, 0.25) is 0 Å². The van der Waals surface area contributed by atoms with Gasteiger partial charge in [-0.2, -0.15) is 5.26 Å². The zero-order valence-electron chi connectivity index (χ0n) is 9.09. The minimum Gasteiger partial charge on any atom is -0.338 e. The van der Waals surface area contributed by atoms with E-state index < -0.39 is 5.54 Å². The Hall–Kier alpha value is -1.04. The number of hydrogen-bond donors (Lipinski definition) is 1. The molecule has 15 heavy (non-hydrogen) atoms. The van der Waals surface area contributed by atoms with Crippen molar-refractivity contribution in [2.45, 2.75) is 56.9 Å². The Kier molecular flexibility index (Phi) is 2.95. The Morgan fingerprint density at radius 3 is 2.53 bits per heavy atom. The first-order valence-corrected chi connectivity index (χ1v) is 5.96. The van der Waals surface area contributed by atoms with E-state index in [1.807, 2.05) is 0 Å². The van der Waals surface area contributed by atoms with Crippen molar-refractivity contribution in [3.63, 3.8) is 0 Å². The largest absolute Gasteiger partial charge is 0.338 e. The van der Waals surface area contributed by atoms with Gasteiger partial charge in [-0.05, 0) is 31.6 Å². The molecule has 0 spiro atoms. The molecule has 2 rings (SSSR count). The number of hydrogen-bond acceptors (Lipinski definition) is 2. The lowest BCUT2D eigenvalue weighted by Gasteiger charge is -2.31. The first-order valence-electron chi connectivity index (χ1n) is 5.96. The van der Waals surface area contributed by atoms with Crippen LogP contribution in [0.4, 0.5) is 0 Å². The summed E-state index contributed by atoms with van der Waals surface area (Å²) < 4.78 is 0. The predicted molar refractivity (Wildman–Crippen MR) is 56.9 cm³/mol. The van der Waals surface area contributed by atoms with Gasteiger partial charge in [-0.1, -0.05) is 19.3 Å². The fourth-order valence-corrected chi connectivity index (χ4v) is 2.32. The standard InChI is InChI=1S/C12H18N2O/c13-9-12(6-2-1-3-7-12)14-11(15)8-10-4-5-10/h10H,1-8H2,(H,14,15). The molecule has 0 heterocycles. The van der Waals surface area contributed by atoms with Gasteiger partial charge in [-0.25, -0.2) is 0 Å². The van der Waals surface area contributed by atoms with Gasteiger partial charge in [-0.15, -0.1) is 0 Å². The topological polar surface area (TPSA) is 52.9 Å². The molecule has 0 saturated heterocycles. The average molecular weight is 206 g/mol. The smallest absolute Gasteiger partial charge is 0.221 e. The molecule has 2 fully saturated rings. The average Bonchev–Trinajstić information content (AvgIpc) is 3.03. The van der Waals surface area contributed by atoms with Crippen molar-refractivity contribution < 1.29 is 4.79 Å². The molecule has 1 amide bonds. The van der Waals surface area contributed by atoms with Gasteiger partial charge < -0.3 is 5.32 Å². The number of carbonyl (C=O) groups excluding carboxylic acids is 1. The molecule has 2 aliphatic carbocycles. The minimum atomic E-state index is -0.537. The highest BCUT2D eigenvalue weighted by Crippen LogP contribution is 2.33. The van der Waals surface area contributed by atoms with Gasteiger partial charge in [0.25, 0.3) is 0 Å². The van der Waals surface area contributed by atoms with E-state index in [9.17, 15) is 10.1 Å². The number of nitriles is 1. The zero-order chi connectivity index (χ0) is 10.7. The highest BCUT2D eigenvalue weighted by molar-refractivity contribution is 5.77. The fourth-order valence-electron chi connectivity index (χ4n) is 2.32. The number of carbonyl (C=O) groups is 1. The highest BCUT2D eigenvalue weighted by atomic mass is 16.1. The maximum Gasteiger partial charge on any atom is 0.221 e. The summed E-state index contributed by atoms with van der Waals surface area (Å²) in [6.45, 7) is 0. The van der Waals surface area contributed by atoms with Gasteiger partial charge in [0, 0.05) is 6.42 Å². The predicted octanol–water partition coefficient (Wildman–Crippen LogP) is 2.13. The van der Waals surface area contributed by atoms with Crippen molar-refractivity contribution in [2.24, 2.45) is 5.92 Å². The molecule has 0 aromatic heterocycles. The maximum atomic E-state index is 11.7. The van der Waals surface area contributed by atoms with Crippen molar-refractivity contribution in [1.29, 1.82) is 5.26 Å². The summed E-state index contributed by atoms with van der Waals surface area (Å²) in [6, 6.07) is 2.31. The van der Waals surface area contributed by atoms with E-state index >= 15 is 0 Å². The SMILES string of the molecule is N#CC1(NC(=O)CC2CC2)CCCCC1. The molecule has 0 aromatic rings. The number of nitrogens with one attached hydrogen (secondary N) is 1. The van der Waals surface area contributed by atoms with E-state index in [-0.39, 0.29) is 5.91 Å². The summed E-state index contributed by atoms with van der Waals surface area (Å²) in [6.07, 6.45) is 8.00. The molecule has 0 atom stereocenters. The van der Waals surface area contributed by atoms with Crippen LogP contribution in [0.5, 0.6) is 0 Å². The first kappa shape index (κ1) is 10.5. The lowest BCUT2D eigenvalue weighted by atomic mass is 9.83. The van der Waals surface area contributed by atoms with Crippen LogP contribution in [0, 0.1) is 17.2 Å². The highest BCUT2D eigenvalue weighted by Gasteiger charge is 2.35. The van der Waals surface area contributed by atoms with E-state index in [1.54, 1.807) is 0 Å². The van der Waals surface area contributed by atoms with E-state index in [1.165, 1.54) is 19.3 Å². The zero-order valence-corrected chi connectivity index (χ0v) is 9.09. The Morgan fingerprint density at radius 2 is 2.00 bits per heavy atom. The monoisotopic (exact) mass is 206 g/mol. The van der Waals surface area contributed by atoms with E-state index in [0.717, 1.165) is 25.7 Å². The van der Waals surface area contributed by atoms with E-state index in [4.69, 9.17) is 0 Å². The van der Waals surface area contributed by atoms with Crippen molar-refractivity contribution in [3.05, 3.63) is 0 Å². The molecular formula is C12H18N2O. The third-order valence-corrected chi connectivity index (χ3v) is 3.47. The summed E-state index contributed by atoms with van der Waals surface area (Å²) in [5.41, 5.74) is -0.537. The molecule has 2 aliphatic rings. The number of amides is 1. The van der Waals surface area contributed by atoms with Crippen molar-refractivity contribution in [3.8, 4) is 6.07 Å². The first-order chi connectivity index (χ1) is 7.24. The van der Waals surface area contributed by atoms with Crippen LogP contribution in [0.15, 0.2) is 0 Å². The molecule has 1 N–H and O–H groups in total. The summed E-state index contributed by atoms with van der Waals surface area (Å²) in [5, 5.41) is 12.1. The van der Waals surface area contributed by atoms with Crippen LogP contribution < -0.4 is 5.32 Å². The summed E-state index contributed by atoms with van der Waals surface area (Å²) in [5.74, 6) is 0.685. The number of nitrogens with zero attached hydrogens (tertiary/aromatic N) is 1. The minimum absolute atomic E-state index is 0.0842. The van der Waals surface area contributed by atoms with Crippen molar-refractivity contribution >= 4 is 5.91 Å². The molecular weight excluding hydrogens is 188 g/mol. The van der Waals surface area contributed by atoms with Crippen LogP contribution in [-0.2, 0) is 4.79 Å². The lowest BCUT2D eigenvalue weighted by molar-refractivity contribution is -0.123. The Balaban J connectivity index is 1.88. The molecule has 0 radical (unpaired) electrons. The Bertz CT molecular complexity index is 282. The number of rotatable bonds is 3. The fraction of sp³-hybridized carbons (Fsp3) is 0.833. The van der Waals surface area contributed by atoms with Crippen LogP contribution in [0.3, 0.4) is 0 Å². The quantitative estimate of drug-likeness (QED) is 0.769. The molecule has 3 nitrogen and oxygen atoms in total. The van der Waals surface area contributed by atoms with Crippen LogP contribution in [0.25, 0.3) is 0 Å². The van der Waals surface area contributed by atoms with Crippen LogP contribution in [0.1, 0.15) is 51.4 Å². The van der Waals surface area contributed by atoms with E-state index in [0.29, 0.717) is 12.3 Å². The van der Waals surface area contributed by atoms with Gasteiger partial charge >= 0.3 is 0 Å². The maximum absolute atomic E-state index is 11.7. The van der Waals surface area contributed by atoms with Crippen molar-refractivity contribution in [1.82, 2.24) is 5.32 Å². The summed E-state index contributed by atoms with van der Waals surface area (Å²) in [4.78, 5) is 11.7. The lowest BCUT2D eigenvalue weighted by Crippen LogP contribution is -2.48. The van der Waals surface area contributed by atoms with Crippen LogP contribution >= 0.6 is 0 Å². The Morgan fingerprint density at radius 1 is 1.33 bits per heavy atom. The summed E-state index contributed by atoms with van der Waals surface area (Å²) in [7, 11) is 0. The van der Waals surface area contributed by atoms with Gasteiger partial charge in [0.2, 0.25) is 5.91 Å². The van der Waals surface area contributed by atoms with Gasteiger partial charge in [0.05, 0.1) is 6.07 Å². The molecule has 0 aliphatic heterocycles.